The monoisotopic (exact) mass is 605 g/mol. The van der Waals surface area contributed by atoms with Gasteiger partial charge in [0.15, 0.2) is 0 Å². The van der Waals surface area contributed by atoms with Crippen LogP contribution in [0.25, 0.3) is 0 Å². The molecule has 2 aromatic carbocycles. The van der Waals surface area contributed by atoms with E-state index in [4.69, 9.17) is 9.66 Å². The third-order valence-corrected chi connectivity index (χ3v) is 5.62. The van der Waals surface area contributed by atoms with Gasteiger partial charge in [0.05, 0.1) is 23.4 Å². The van der Waals surface area contributed by atoms with E-state index in [1.165, 1.54) is 31.0 Å². The summed E-state index contributed by atoms with van der Waals surface area (Å²) in [4.78, 5) is 12.5. The van der Waals surface area contributed by atoms with Crippen LogP contribution in [0.2, 0.25) is 0 Å². The van der Waals surface area contributed by atoms with Gasteiger partial charge in [0.25, 0.3) is 10.1 Å². The number of hydrogen-bond acceptors (Lipinski definition) is 5. The molecule has 226 valence electrons. The molecule has 2 aromatic rings. The topological polar surface area (TPSA) is 119 Å². The molecule has 1 aliphatic heterocycles. The molecule has 0 aliphatic carbocycles. The van der Waals surface area contributed by atoms with Gasteiger partial charge in [0.2, 0.25) is 0 Å². The van der Waals surface area contributed by atoms with Gasteiger partial charge >= 0.3 is 18.4 Å². The highest BCUT2D eigenvalue weighted by atomic mass is 32.2. The van der Waals surface area contributed by atoms with Crippen LogP contribution in [0.3, 0.4) is 0 Å². The number of piperazine rings is 1. The molecule has 0 bridgehead atoms. The van der Waals surface area contributed by atoms with E-state index in [2.05, 4.69) is 10.6 Å². The van der Waals surface area contributed by atoms with Crippen LogP contribution in [0.1, 0.15) is 46.8 Å². The number of aryl methyl sites for hydroxylation is 1. The number of hydrogen-bond donors (Lipinski definition) is 4. The number of amides is 1. The van der Waals surface area contributed by atoms with Crippen molar-refractivity contribution in [2.75, 3.05) is 32.9 Å². The minimum absolute atomic E-state index is 0.0559. The van der Waals surface area contributed by atoms with E-state index in [0.29, 0.717) is 25.9 Å². The Hall–Kier alpha value is -2.95. The maximum Gasteiger partial charge on any atom is 0.416 e. The molecule has 40 heavy (non-hydrogen) atoms. The van der Waals surface area contributed by atoms with Crippen molar-refractivity contribution in [3.8, 4) is 0 Å². The molecule has 0 aromatic heterocycles. The lowest BCUT2D eigenvalue weighted by Crippen LogP contribution is -2.48. The zero-order valence-corrected chi connectivity index (χ0v) is 22.7. The Labute approximate surface area is 226 Å². The van der Waals surface area contributed by atoms with E-state index in [1.807, 2.05) is 0 Å². The second kappa shape index (κ2) is 14.1. The average Bonchev–Trinajstić information content (AvgIpc) is 2.81. The standard InChI is InChI=1S/C12H15FN2O2.C11H11F6N.CH4O3S/c1-8-6-9(13)2-3-10(8)11-7-14-4-5-15(11)12(16)17;1-6(18-2)7-3-8(10(12,13)14)5-9(4-7)11(15,16)17;1-5(2,3)4/h2-3,6,11,14H,4-5,7H2,1H3,(H,16,17);3-6,18H,1-2H3;1H3,(H,2,3,4)/t11-;6-;/m11./s1. The third-order valence-electron chi connectivity index (χ3n) is 5.62. The summed E-state index contributed by atoms with van der Waals surface area (Å²) in [5, 5.41) is 14.9. The first-order valence-electron chi connectivity index (χ1n) is 11.5. The Bertz CT molecular complexity index is 1210. The highest BCUT2D eigenvalue weighted by Crippen LogP contribution is 2.37. The molecule has 1 saturated heterocycles. The molecule has 1 aliphatic rings. The summed E-state index contributed by atoms with van der Waals surface area (Å²) < 4.78 is 114. The molecule has 0 radical (unpaired) electrons. The number of nitrogens with one attached hydrogen (secondary N) is 2. The van der Waals surface area contributed by atoms with Crippen LogP contribution in [0.4, 0.5) is 35.5 Å². The molecular weight excluding hydrogens is 575 g/mol. The first-order chi connectivity index (χ1) is 18.1. The molecule has 1 fully saturated rings. The lowest BCUT2D eigenvalue weighted by molar-refractivity contribution is -0.143. The van der Waals surface area contributed by atoms with Crippen molar-refractivity contribution in [2.45, 2.75) is 38.3 Å². The van der Waals surface area contributed by atoms with Gasteiger partial charge in [-0.25, -0.2) is 9.18 Å². The number of rotatable bonds is 3. The smallest absolute Gasteiger partial charge is 0.416 e. The molecule has 1 amide bonds. The largest absolute Gasteiger partial charge is 0.465 e. The van der Waals surface area contributed by atoms with Gasteiger partial charge in [-0.05, 0) is 67.9 Å². The molecule has 2 atom stereocenters. The van der Waals surface area contributed by atoms with E-state index in [0.717, 1.165) is 23.3 Å². The normalized spacial score (nSPS) is 16.7. The molecule has 0 saturated carbocycles. The van der Waals surface area contributed by atoms with Crippen molar-refractivity contribution in [1.29, 1.82) is 0 Å². The van der Waals surface area contributed by atoms with E-state index >= 15 is 0 Å². The molecular formula is C24H30F7N3O5S. The molecule has 16 heteroatoms. The Morgan fingerprint density at radius 3 is 1.98 bits per heavy atom. The van der Waals surface area contributed by atoms with Crippen LogP contribution in [0.5, 0.6) is 0 Å². The third kappa shape index (κ3) is 11.7. The quantitative estimate of drug-likeness (QED) is 0.278. The summed E-state index contributed by atoms with van der Waals surface area (Å²) in [7, 11) is -2.21. The molecule has 8 nitrogen and oxygen atoms in total. The van der Waals surface area contributed by atoms with Crippen LogP contribution < -0.4 is 10.6 Å². The van der Waals surface area contributed by atoms with Gasteiger partial charge in [-0.3, -0.25) is 9.45 Å². The highest BCUT2D eigenvalue weighted by molar-refractivity contribution is 7.85. The Morgan fingerprint density at radius 2 is 1.57 bits per heavy atom. The van der Waals surface area contributed by atoms with E-state index in [1.54, 1.807) is 13.0 Å². The predicted molar refractivity (Wildman–Crippen MR) is 133 cm³/mol. The van der Waals surface area contributed by atoms with E-state index in [-0.39, 0.29) is 23.5 Å². The van der Waals surface area contributed by atoms with Gasteiger partial charge < -0.3 is 15.7 Å². The van der Waals surface area contributed by atoms with Crippen LogP contribution >= 0.6 is 0 Å². The molecule has 0 spiro atoms. The minimum Gasteiger partial charge on any atom is -0.465 e. The van der Waals surface area contributed by atoms with Gasteiger partial charge in [-0.2, -0.15) is 34.8 Å². The van der Waals surface area contributed by atoms with Crippen LogP contribution in [0.15, 0.2) is 36.4 Å². The van der Waals surface area contributed by atoms with Gasteiger partial charge in [0, 0.05) is 25.7 Å². The Morgan fingerprint density at radius 1 is 1.07 bits per heavy atom. The number of carbonyl (C=O) groups is 1. The average molecular weight is 606 g/mol. The Kier molecular flexibility index (Phi) is 12.4. The van der Waals surface area contributed by atoms with Gasteiger partial charge in [0.1, 0.15) is 5.82 Å². The summed E-state index contributed by atoms with van der Waals surface area (Å²) in [5.41, 5.74) is -1.01. The van der Waals surface area contributed by atoms with Crippen LogP contribution in [0, 0.1) is 12.7 Å². The van der Waals surface area contributed by atoms with Gasteiger partial charge in [-0.1, -0.05) is 6.07 Å². The number of nitrogens with zero attached hydrogens (tertiary/aromatic N) is 1. The molecule has 4 N–H and O–H groups in total. The first-order valence-corrected chi connectivity index (χ1v) is 13.3. The van der Waals surface area contributed by atoms with Crippen molar-refractivity contribution in [1.82, 2.24) is 15.5 Å². The maximum atomic E-state index is 13.0. The van der Waals surface area contributed by atoms with Crippen LogP contribution in [-0.4, -0.2) is 62.0 Å². The Balaban J connectivity index is 0.000000343. The summed E-state index contributed by atoms with van der Waals surface area (Å²) in [6.07, 6.45) is -9.82. The zero-order chi connectivity index (χ0) is 31.1. The predicted octanol–water partition coefficient (Wildman–Crippen LogP) is 5.27. The van der Waals surface area contributed by atoms with Crippen molar-refractivity contribution < 1.29 is 53.6 Å². The van der Waals surface area contributed by atoms with Crippen molar-refractivity contribution in [3.63, 3.8) is 0 Å². The second-order valence-electron chi connectivity index (χ2n) is 8.78. The van der Waals surface area contributed by atoms with E-state index in [9.17, 15) is 43.9 Å². The summed E-state index contributed by atoms with van der Waals surface area (Å²) in [5.74, 6) is -0.295. The fourth-order valence-electron chi connectivity index (χ4n) is 3.62. The van der Waals surface area contributed by atoms with Crippen molar-refractivity contribution in [2.24, 2.45) is 0 Å². The molecule has 0 unspecified atom stereocenters. The fourth-order valence-corrected chi connectivity index (χ4v) is 3.62. The van der Waals surface area contributed by atoms with Crippen molar-refractivity contribution >= 4 is 16.2 Å². The lowest BCUT2D eigenvalue weighted by Gasteiger charge is -2.35. The molecule has 1 heterocycles. The summed E-state index contributed by atoms with van der Waals surface area (Å²) >= 11 is 0. The SMILES string of the molecule is CN[C@H](C)c1cc(C(F)(F)F)cc(C(F)(F)F)c1.CS(=O)(=O)O.Cc1cc(F)ccc1[C@H]1CNCCN1C(=O)O. The minimum atomic E-state index is -4.80. The number of halogens is 7. The summed E-state index contributed by atoms with van der Waals surface area (Å²) in [6, 6.07) is 5.19. The highest BCUT2D eigenvalue weighted by Gasteiger charge is 2.37. The molecule has 3 rings (SSSR count). The summed E-state index contributed by atoms with van der Waals surface area (Å²) in [6.45, 7) is 4.96. The second-order valence-corrected chi connectivity index (χ2v) is 10.2. The lowest BCUT2D eigenvalue weighted by atomic mass is 9.98. The number of carboxylic acid groups (broad SMARTS) is 1. The van der Waals surface area contributed by atoms with Crippen molar-refractivity contribution in [3.05, 3.63) is 70.0 Å². The first kappa shape index (κ1) is 35.1. The number of alkyl halides is 6. The van der Waals surface area contributed by atoms with E-state index < -0.39 is 45.7 Å². The zero-order valence-electron chi connectivity index (χ0n) is 21.9. The maximum absolute atomic E-state index is 13.0. The number of benzene rings is 2. The fraction of sp³-hybridized carbons (Fsp3) is 0.458. The van der Waals surface area contributed by atoms with Gasteiger partial charge in [-0.15, -0.1) is 0 Å². The van der Waals surface area contributed by atoms with Crippen LogP contribution in [-0.2, 0) is 22.5 Å².